The highest BCUT2D eigenvalue weighted by Crippen LogP contribution is 2.24. The average Bonchev–Trinajstić information content (AvgIpc) is 2.98. The number of carbonyl (C=O) groups is 3. The molecular formula is C22H21F3N2O6. The number of ether oxygens (including phenoxy) is 1. The van der Waals surface area contributed by atoms with Crippen molar-refractivity contribution in [2.75, 3.05) is 13.1 Å². The predicted molar refractivity (Wildman–Crippen MR) is 108 cm³/mol. The molecule has 0 aromatic heterocycles. The highest BCUT2D eigenvalue weighted by Gasteiger charge is 2.42. The summed E-state index contributed by atoms with van der Waals surface area (Å²) in [7, 11) is 0. The first kappa shape index (κ1) is 24.1. The number of phenolic OH excluding ortho intramolecular Hbond substituents is 1. The van der Waals surface area contributed by atoms with E-state index in [4.69, 9.17) is 4.84 Å². The number of hydroxylamine groups is 2. The third-order valence-electron chi connectivity index (χ3n) is 4.85. The van der Waals surface area contributed by atoms with Gasteiger partial charge in [0.05, 0.1) is 6.54 Å². The molecule has 3 rings (SSSR count). The first-order chi connectivity index (χ1) is 15.6. The van der Waals surface area contributed by atoms with Crippen molar-refractivity contribution >= 4 is 17.8 Å². The van der Waals surface area contributed by atoms with E-state index in [1.54, 1.807) is 0 Å². The van der Waals surface area contributed by atoms with Crippen LogP contribution in [0.4, 0.5) is 13.2 Å². The number of halogens is 3. The quantitative estimate of drug-likeness (QED) is 0.515. The second-order valence-electron chi connectivity index (χ2n) is 7.36. The van der Waals surface area contributed by atoms with Crippen molar-refractivity contribution in [3.63, 3.8) is 0 Å². The largest absolute Gasteiger partial charge is 0.508 e. The number of benzene rings is 2. The Labute approximate surface area is 186 Å². The summed E-state index contributed by atoms with van der Waals surface area (Å²) in [6.07, 6.45) is -3.19. The second kappa shape index (κ2) is 10.3. The Bertz CT molecular complexity index is 1010. The van der Waals surface area contributed by atoms with Crippen LogP contribution in [0.15, 0.2) is 48.5 Å². The Hall–Kier alpha value is -3.60. The summed E-state index contributed by atoms with van der Waals surface area (Å²) in [6.45, 7) is 0.502. The van der Waals surface area contributed by atoms with Gasteiger partial charge in [-0.1, -0.05) is 12.1 Å². The van der Waals surface area contributed by atoms with E-state index in [2.05, 4.69) is 10.1 Å². The van der Waals surface area contributed by atoms with Crippen LogP contribution in [0.1, 0.15) is 40.0 Å². The van der Waals surface area contributed by atoms with Crippen LogP contribution in [-0.2, 0) is 9.63 Å². The second-order valence-corrected chi connectivity index (χ2v) is 7.36. The number of nitrogens with one attached hydrogen (secondary N) is 1. The van der Waals surface area contributed by atoms with Gasteiger partial charge >= 0.3 is 18.1 Å². The van der Waals surface area contributed by atoms with Crippen LogP contribution in [0.3, 0.4) is 0 Å². The van der Waals surface area contributed by atoms with Gasteiger partial charge in [-0.05, 0) is 55.7 Å². The van der Waals surface area contributed by atoms with E-state index in [-0.39, 0.29) is 29.8 Å². The molecule has 0 saturated carbocycles. The topological polar surface area (TPSA) is 105 Å². The normalized spacial score (nSPS) is 17.0. The molecule has 0 aliphatic carbocycles. The molecule has 1 aliphatic rings. The summed E-state index contributed by atoms with van der Waals surface area (Å²) in [6, 6.07) is 10.3. The third kappa shape index (κ3) is 6.69. The number of para-hydroxylation sites is 1. The molecule has 1 saturated heterocycles. The van der Waals surface area contributed by atoms with Gasteiger partial charge in [0.25, 0.3) is 5.91 Å². The number of hydrogen-bond donors (Lipinski definition) is 2. The zero-order valence-electron chi connectivity index (χ0n) is 17.3. The van der Waals surface area contributed by atoms with Crippen LogP contribution in [0, 0.1) is 0 Å². The smallest absolute Gasteiger partial charge is 0.491 e. The lowest BCUT2D eigenvalue weighted by molar-refractivity contribution is -0.189. The van der Waals surface area contributed by atoms with E-state index in [9.17, 15) is 32.7 Å². The molecule has 1 fully saturated rings. The Morgan fingerprint density at radius 1 is 1.03 bits per heavy atom. The van der Waals surface area contributed by atoms with Crippen LogP contribution in [-0.4, -0.2) is 53.3 Å². The molecule has 0 unspecified atom stereocenters. The Kier molecular flexibility index (Phi) is 7.54. The molecule has 1 atom stereocenters. The predicted octanol–water partition coefficient (Wildman–Crippen LogP) is 3.22. The number of amides is 1. The summed E-state index contributed by atoms with van der Waals surface area (Å²) < 4.78 is 41.9. The van der Waals surface area contributed by atoms with Crippen LogP contribution < -0.4 is 10.1 Å². The van der Waals surface area contributed by atoms with Crippen LogP contribution >= 0.6 is 0 Å². The first-order valence-corrected chi connectivity index (χ1v) is 10.1. The van der Waals surface area contributed by atoms with Gasteiger partial charge in [0, 0.05) is 18.2 Å². The molecule has 11 heteroatoms. The number of esters is 1. The van der Waals surface area contributed by atoms with Gasteiger partial charge in [-0.25, -0.2) is 9.59 Å². The molecule has 8 nitrogen and oxygen atoms in total. The van der Waals surface area contributed by atoms with Crippen molar-refractivity contribution in [1.82, 2.24) is 10.4 Å². The summed E-state index contributed by atoms with van der Waals surface area (Å²) in [5.74, 6) is -4.35. The van der Waals surface area contributed by atoms with Gasteiger partial charge in [0.2, 0.25) is 0 Å². The third-order valence-corrected chi connectivity index (χ3v) is 4.85. The van der Waals surface area contributed by atoms with Crippen molar-refractivity contribution in [3.8, 4) is 11.5 Å². The molecule has 2 N–H and O–H groups in total. The lowest BCUT2D eigenvalue weighted by Gasteiger charge is -2.24. The maximum atomic E-state index is 12.6. The van der Waals surface area contributed by atoms with Crippen molar-refractivity contribution in [3.05, 3.63) is 59.7 Å². The Morgan fingerprint density at radius 2 is 1.73 bits per heavy atom. The Morgan fingerprint density at radius 3 is 2.42 bits per heavy atom. The maximum absolute atomic E-state index is 12.6. The molecule has 1 aliphatic heterocycles. The van der Waals surface area contributed by atoms with Crippen molar-refractivity contribution < 1.29 is 42.2 Å². The van der Waals surface area contributed by atoms with Gasteiger partial charge in [-0.15, -0.1) is 5.06 Å². The van der Waals surface area contributed by atoms with Crippen molar-refractivity contribution in [1.29, 1.82) is 0 Å². The van der Waals surface area contributed by atoms with Gasteiger partial charge in [0.1, 0.15) is 17.1 Å². The highest BCUT2D eigenvalue weighted by molar-refractivity contribution is 5.95. The molecule has 1 amide bonds. The first-order valence-electron chi connectivity index (χ1n) is 10.1. The van der Waals surface area contributed by atoms with E-state index in [0.717, 1.165) is 12.5 Å². The van der Waals surface area contributed by atoms with Crippen molar-refractivity contribution in [2.45, 2.75) is 31.5 Å². The maximum Gasteiger partial charge on any atom is 0.491 e. The number of carbonyl (C=O) groups excluding carboxylic acids is 3. The fourth-order valence-corrected chi connectivity index (χ4v) is 3.24. The van der Waals surface area contributed by atoms with E-state index in [0.29, 0.717) is 24.9 Å². The van der Waals surface area contributed by atoms with Gasteiger partial charge in [-0.2, -0.15) is 13.2 Å². The van der Waals surface area contributed by atoms with E-state index < -0.39 is 23.9 Å². The molecule has 0 bridgehead atoms. The number of aromatic hydroxyl groups is 1. The lowest BCUT2D eigenvalue weighted by Crippen LogP contribution is -2.43. The van der Waals surface area contributed by atoms with E-state index in [1.807, 2.05) is 0 Å². The molecular weight excluding hydrogens is 445 g/mol. The highest BCUT2D eigenvalue weighted by atomic mass is 19.4. The molecule has 176 valence electrons. The zero-order valence-corrected chi connectivity index (χ0v) is 17.3. The van der Waals surface area contributed by atoms with Gasteiger partial charge in [-0.3, -0.25) is 4.79 Å². The molecule has 2 aromatic carbocycles. The van der Waals surface area contributed by atoms with Gasteiger partial charge < -0.3 is 20.0 Å². The minimum absolute atomic E-state index is 0.0281. The standard InChI is InChI=1S/C22H21F3N2O6/c23-22(24,25)21(31)32-18-7-2-1-6-17(18)20(30)33-27-12-4-3-5-15(13-27)26-19(29)14-8-10-16(28)11-9-14/h1-2,6-11,15,28H,3-5,12-13H2,(H,26,29)/t15-/m1/s1. The molecule has 1 heterocycles. The zero-order chi connectivity index (χ0) is 24.0. The van der Waals surface area contributed by atoms with E-state index >= 15 is 0 Å². The van der Waals surface area contributed by atoms with Gasteiger partial charge in [0.15, 0.2) is 0 Å². The minimum atomic E-state index is -5.22. The number of nitrogens with zero attached hydrogens (tertiary/aromatic N) is 1. The molecule has 2 aromatic rings. The van der Waals surface area contributed by atoms with Crippen molar-refractivity contribution in [2.24, 2.45) is 0 Å². The SMILES string of the molecule is O=C(N[C@@H]1CCCCN(OC(=O)c2ccccc2OC(=O)C(F)(F)F)C1)c1ccc(O)cc1. The van der Waals surface area contributed by atoms with E-state index in [1.165, 1.54) is 47.5 Å². The summed E-state index contributed by atoms with van der Waals surface area (Å²) in [4.78, 5) is 41.6. The number of hydrogen-bond acceptors (Lipinski definition) is 7. The minimum Gasteiger partial charge on any atom is -0.508 e. The fraction of sp³-hybridized carbons (Fsp3) is 0.318. The number of rotatable bonds is 5. The number of alkyl halides is 3. The lowest BCUT2D eigenvalue weighted by atomic mass is 10.1. The average molecular weight is 466 g/mol. The number of phenols is 1. The monoisotopic (exact) mass is 466 g/mol. The fourth-order valence-electron chi connectivity index (χ4n) is 3.24. The summed E-state index contributed by atoms with van der Waals surface area (Å²) >= 11 is 0. The molecule has 0 spiro atoms. The van der Waals surface area contributed by atoms with Crippen LogP contribution in [0.25, 0.3) is 0 Å². The van der Waals surface area contributed by atoms with Crippen LogP contribution in [0.5, 0.6) is 11.5 Å². The van der Waals surface area contributed by atoms with Crippen LogP contribution in [0.2, 0.25) is 0 Å². The Balaban J connectivity index is 1.65. The molecule has 33 heavy (non-hydrogen) atoms. The summed E-state index contributed by atoms with van der Waals surface area (Å²) in [5, 5.41) is 13.5. The summed E-state index contributed by atoms with van der Waals surface area (Å²) in [5.41, 5.74) is 0.00465. The molecule has 0 radical (unpaired) electrons.